The van der Waals surface area contributed by atoms with Gasteiger partial charge in [0.2, 0.25) is 0 Å². The second kappa shape index (κ2) is 5.44. The molecule has 1 aromatic carbocycles. The van der Waals surface area contributed by atoms with E-state index in [9.17, 15) is 13.6 Å². The molecule has 1 heterocycles. The summed E-state index contributed by atoms with van der Waals surface area (Å²) in [6.07, 6.45) is 0.607. The quantitative estimate of drug-likeness (QED) is 0.819. The number of methoxy groups -OCH3 is 1. The van der Waals surface area contributed by atoms with E-state index in [0.717, 1.165) is 6.07 Å². The van der Waals surface area contributed by atoms with Crippen LogP contribution in [0.3, 0.4) is 0 Å². The number of ether oxygens (including phenoxy) is 1. The monoisotopic (exact) mass is 255 g/mol. The number of piperidine rings is 1. The Morgan fingerprint density at radius 3 is 2.61 bits per heavy atom. The molecule has 0 amide bonds. The minimum atomic E-state index is -0.626. The van der Waals surface area contributed by atoms with Crippen LogP contribution in [-0.4, -0.2) is 26.2 Å². The van der Waals surface area contributed by atoms with Crippen molar-refractivity contribution in [3.63, 3.8) is 0 Å². The van der Waals surface area contributed by atoms with Crippen LogP contribution in [0.25, 0.3) is 0 Å². The fraction of sp³-hybridized carbons (Fsp3) is 0.462. The van der Waals surface area contributed by atoms with Gasteiger partial charge in [0, 0.05) is 18.5 Å². The van der Waals surface area contributed by atoms with Gasteiger partial charge in [-0.15, -0.1) is 0 Å². The Morgan fingerprint density at radius 1 is 1.33 bits per heavy atom. The molecule has 1 aliphatic rings. The van der Waals surface area contributed by atoms with Crippen molar-refractivity contribution in [2.24, 2.45) is 5.92 Å². The van der Waals surface area contributed by atoms with E-state index >= 15 is 0 Å². The molecule has 5 heteroatoms. The van der Waals surface area contributed by atoms with Gasteiger partial charge in [0.15, 0.2) is 0 Å². The van der Waals surface area contributed by atoms with Crippen LogP contribution in [0.1, 0.15) is 17.9 Å². The summed E-state index contributed by atoms with van der Waals surface area (Å²) in [5, 5.41) is 3.13. The molecule has 1 fully saturated rings. The van der Waals surface area contributed by atoms with Crippen molar-refractivity contribution in [1.29, 1.82) is 0 Å². The SMILES string of the molecule is COC(=O)[C@@H]1CCNC[C@@H]1c1cc(F)cc(F)c1. The van der Waals surface area contributed by atoms with Gasteiger partial charge in [0.25, 0.3) is 0 Å². The first-order valence-electron chi connectivity index (χ1n) is 5.86. The summed E-state index contributed by atoms with van der Waals surface area (Å²) in [5.74, 6) is -2.18. The zero-order valence-electron chi connectivity index (χ0n) is 10.1. The molecular formula is C13H15F2NO2. The van der Waals surface area contributed by atoms with Crippen LogP contribution < -0.4 is 5.32 Å². The van der Waals surface area contributed by atoms with E-state index in [4.69, 9.17) is 4.74 Å². The van der Waals surface area contributed by atoms with Crippen molar-refractivity contribution in [2.45, 2.75) is 12.3 Å². The lowest BCUT2D eigenvalue weighted by molar-refractivity contribution is -0.147. The van der Waals surface area contributed by atoms with E-state index in [1.54, 1.807) is 0 Å². The van der Waals surface area contributed by atoms with Crippen LogP contribution in [0.4, 0.5) is 8.78 Å². The topological polar surface area (TPSA) is 38.3 Å². The van der Waals surface area contributed by atoms with Crippen LogP contribution in [0, 0.1) is 17.6 Å². The van der Waals surface area contributed by atoms with E-state index < -0.39 is 11.6 Å². The molecule has 0 unspecified atom stereocenters. The maximum Gasteiger partial charge on any atom is 0.309 e. The highest BCUT2D eigenvalue weighted by Gasteiger charge is 2.33. The number of rotatable bonds is 2. The summed E-state index contributed by atoms with van der Waals surface area (Å²) >= 11 is 0. The fourth-order valence-corrected chi connectivity index (χ4v) is 2.43. The lowest BCUT2D eigenvalue weighted by Gasteiger charge is -2.30. The minimum absolute atomic E-state index is 0.253. The van der Waals surface area contributed by atoms with Crippen molar-refractivity contribution in [2.75, 3.05) is 20.2 Å². The molecule has 1 saturated heterocycles. The smallest absolute Gasteiger partial charge is 0.309 e. The first-order valence-corrected chi connectivity index (χ1v) is 5.86. The van der Waals surface area contributed by atoms with Crippen LogP contribution in [-0.2, 0) is 9.53 Å². The first-order chi connectivity index (χ1) is 8.61. The van der Waals surface area contributed by atoms with Crippen molar-refractivity contribution in [3.05, 3.63) is 35.4 Å². The highest BCUT2D eigenvalue weighted by Crippen LogP contribution is 2.31. The standard InChI is InChI=1S/C13H15F2NO2/c1-18-13(17)11-2-3-16-7-12(11)8-4-9(14)6-10(15)5-8/h4-6,11-12,16H,2-3,7H2,1H3/t11-,12-/m1/s1. The van der Waals surface area contributed by atoms with Gasteiger partial charge >= 0.3 is 5.97 Å². The zero-order chi connectivity index (χ0) is 13.1. The lowest BCUT2D eigenvalue weighted by atomic mass is 9.81. The lowest BCUT2D eigenvalue weighted by Crippen LogP contribution is -2.39. The Bertz CT molecular complexity index is 430. The van der Waals surface area contributed by atoms with Gasteiger partial charge in [0.05, 0.1) is 13.0 Å². The van der Waals surface area contributed by atoms with Crippen LogP contribution in [0.15, 0.2) is 18.2 Å². The van der Waals surface area contributed by atoms with E-state index in [0.29, 0.717) is 25.1 Å². The number of nitrogens with one attached hydrogen (secondary N) is 1. The van der Waals surface area contributed by atoms with Gasteiger partial charge in [-0.2, -0.15) is 0 Å². The van der Waals surface area contributed by atoms with Gasteiger partial charge in [-0.3, -0.25) is 4.79 Å². The Kier molecular flexibility index (Phi) is 3.91. The average molecular weight is 255 g/mol. The number of hydrogen-bond acceptors (Lipinski definition) is 3. The molecule has 0 bridgehead atoms. The average Bonchev–Trinajstić information content (AvgIpc) is 2.36. The molecule has 1 N–H and O–H groups in total. The summed E-state index contributed by atoms with van der Waals surface area (Å²) in [6, 6.07) is 3.38. The van der Waals surface area contributed by atoms with Crippen molar-refractivity contribution in [1.82, 2.24) is 5.32 Å². The Balaban J connectivity index is 2.30. The molecule has 0 radical (unpaired) electrons. The molecule has 0 aromatic heterocycles. The second-order valence-corrected chi connectivity index (χ2v) is 4.43. The molecule has 18 heavy (non-hydrogen) atoms. The van der Waals surface area contributed by atoms with Crippen LogP contribution in [0.5, 0.6) is 0 Å². The third-order valence-corrected chi connectivity index (χ3v) is 3.30. The van der Waals surface area contributed by atoms with Gasteiger partial charge in [-0.1, -0.05) is 0 Å². The third kappa shape index (κ3) is 2.67. The highest BCUT2D eigenvalue weighted by molar-refractivity contribution is 5.73. The molecule has 0 saturated carbocycles. The van der Waals surface area contributed by atoms with E-state index in [-0.39, 0.29) is 17.8 Å². The highest BCUT2D eigenvalue weighted by atomic mass is 19.1. The molecule has 1 aliphatic heterocycles. The van der Waals surface area contributed by atoms with Gasteiger partial charge < -0.3 is 10.1 Å². The fourth-order valence-electron chi connectivity index (χ4n) is 2.43. The summed E-state index contributed by atoms with van der Waals surface area (Å²) in [5.41, 5.74) is 0.495. The Hall–Kier alpha value is -1.49. The van der Waals surface area contributed by atoms with E-state index in [1.165, 1.54) is 19.2 Å². The van der Waals surface area contributed by atoms with Crippen molar-refractivity contribution in [3.8, 4) is 0 Å². The summed E-state index contributed by atoms with van der Waals surface area (Å²) in [6.45, 7) is 1.22. The van der Waals surface area contributed by atoms with Crippen molar-refractivity contribution >= 4 is 5.97 Å². The second-order valence-electron chi connectivity index (χ2n) is 4.43. The molecule has 3 nitrogen and oxygen atoms in total. The summed E-state index contributed by atoms with van der Waals surface area (Å²) in [7, 11) is 1.33. The molecule has 2 rings (SSSR count). The van der Waals surface area contributed by atoms with Crippen LogP contribution in [0.2, 0.25) is 0 Å². The molecule has 2 atom stereocenters. The number of esters is 1. The van der Waals surface area contributed by atoms with Gasteiger partial charge in [0.1, 0.15) is 11.6 Å². The predicted octanol–water partition coefficient (Wildman–Crippen LogP) is 1.83. The number of carbonyl (C=O) groups is 1. The number of hydrogen-bond donors (Lipinski definition) is 1. The minimum Gasteiger partial charge on any atom is -0.469 e. The van der Waals surface area contributed by atoms with Crippen molar-refractivity contribution < 1.29 is 18.3 Å². The number of halogens is 2. The first kappa shape index (κ1) is 13.0. The number of carbonyl (C=O) groups excluding carboxylic acids is 1. The molecule has 1 aromatic rings. The molecule has 0 aliphatic carbocycles. The van der Waals surface area contributed by atoms with E-state index in [2.05, 4.69) is 5.32 Å². The maximum absolute atomic E-state index is 13.2. The third-order valence-electron chi connectivity index (χ3n) is 3.30. The molecule has 98 valence electrons. The van der Waals surface area contributed by atoms with Crippen LogP contribution >= 0.6 is 0 Å². The normalized spacial score (nSPS) is 23.7. The number of benzene rings is 1. The molecular weight excluding hydrogens is 240 g/mol. The predicted molar refractivity (Wildman–Crippen MR) is 62.1 cm³/mol. The summed E-state index contributed by atoms with van der Waals surface area (Å²) < 4.78 is 31.2. The maximum atomic E-state index is 13.2. The largest absolute Gasteiger partial charge is 0.469 e. The Morgan fingerprint density at radius 2 is 2.00 bits per heavy atom. The molecule has 0 spiro atoms. The summed E-state index contributed by atoms with van der Waals surface area (Å²) in [4.78, 5) is 11.7. The van der Waals surface area contributed by atoms with E-state index in [1.807, 2.05) is 0 Å². The van der Waals surface area contributed by atoms with Gasteiger partial charge in [-0.05, 0) is 30.7 Å². The van der Waals surface area contributed by atoms with Gasteiger partial charge in [-0.25, -0.2) is 8.78 Å². The Labute approximate surface area is 104 Å². The zero-order valence-corrected chi connectivity index (χ0v) is 10.1.